The summed E-state index contributed by atoms with van der Waals surface area (Å²) in [7, 11) is 1.77. The van der Waals surface area contributed by atoms with Gasteiger partial charge >= 0.3 is 0 Å². The smallest absolute Gasteiger partial charge is 0.188 e. The van der Waals surface area contributed by atoms with Gasteiger partial charge < -0.3 is 5.32 Å². The number of aromatic nitrogens is 4. The Balaban J connectivity index is 1.71. The summed E-state index contributed by atoms with van der Waals surface area (Å²) in [6.07, 6.45) is 3.69. The fraction of sp³-hybridized carbons (Fsp3) is 0.889. The second-order valence-corrected chi connectivity index (χ2v) is 4.62. The highest BCUT2D eigenvalue weighted by molar-refractivity contribution is 6.17. The zero-order valence-electron chi connectivity index (χ0n) is 8.91. The van der Waals surface area contributed by atoms with Crippen LogP contribution in [0.3, 0.4) is 0 Å². The van der Waals surface area contributed by atoms with E-state index in [1.54, 1.807) is 7.05 Å². The standard InChI is InChI=1S/C9H16ClN5/c1-15-13-8(12-14-15)6-11-7-9(2-3-9)4-5-10/h11H,2-7H2,1H3. The highest BCUT2D eigenvalue weighted by Gasteiger charge is 2.41. The zero-order valence-corrected chi connectivity index (χ0v) is 9.67. The van der Waals surface area contributed by atoms with Crippen LogP contribution in [0.1, 0.15) is 25.1 Å². The van der Waals surface area contributed by atoms with E-state index in [9.17, 15) is 0 Å². The van der Waals surface area contributed by atoms with Gasteiger partial charge in [0, 0.05) is 12.4 Å². The monoisotopic (exact) mass is 229 g/mol. The first-order chi connectivity index (χ1) is 7.24. The summed E-state index contributed by atoms with van der Waals surface area (Å²) >= 11 is 5.76. The lowest BCUT2D eigenvalue weighted by molar-refractivity contribution is 0.441. The molecule has 0 radical (unpaired) electrons. The van der Waals surface area contributed by atoms with Gasteiger partial charge in [-0.05, 0) is 29.9 Å². The van der Waals surface area contributed by atoms with Gasteiger partial charge in [0.25, 0.3) is 0 Å². The Morgan fingerprint density at radius 3 is 2.87 bits per heavy atom. The number of hydrogen-bond acceptors (Lipinski definition) is 4. The molecule has 0 spiro atoms. The molecular formula is C9H16ClN5. The number of tetrazole rings is 1. The number of hydrogen-bond donors (Lipinski definition) is 1. The third-order valence-electron chi connectivity index (χ3n) is 2.91. The molecule has 1 heterocycles. The van der Waals surface area contributed by atoms with E-state index in [-0.39, 0.29) is 0 Å². The van der Waals surface area contributed by atoms with Crippen LogP contribution >= 0.6 is 11.6 Å². The molecule has 1 aromatic heterocycles. The van der Waals surface area contributed by atoms with Crippen LogP contribution in [0.5, 0.6) is 0 Å². The second kappa shape index (κ2) is 4.45. The molecule has 6 heteroatoms. The van der Waals surface area contributed by atoms with E-state index in [4.69, 9.17) is 11.6 Å². The molecule has 0 aliphatic heterocycles. The molecule has 0 bridgehead atoms. The van der Waals surface area contributed by atoms with Gasteiger partial charge in [-0.15, -0.1) is 21.8 Å². The van der Waals surface area contributed by atoms with Crippen molar-refractivity contribution in [1.82, 2.24) is 25.5 Å². The summed E-state index contributed by atoms with van der Waals surface area (Å²) < 4.78 is 0. The molecule has 0 atom stereocenters. The molecule has 2 rings (SSSR count). The number of nitrogens with one attached hydrogen (secondary N) is 1. The van der Waals surface area contributed by atoms with Crippen molar-refractivity contribution < 1.29 is 0 Å². The van der Waals surface area contributed by atoms with Crippen molar-refractivity contribution in [2.45, 2.75) is 25.8 Å². The summed E-state index contributed by atoms with van der Waals surface area (Å²) in [5.41, 5.74) is 0.462. The summed E-state index contributed by atoms with van der Waals surface area (Å²) in [6.45, 7) is 1.70. The van der Waals surface area contributed by atoms with Crippen LogP contribution in [0.2, 0.25) is 0 Å². The van der Waals surface area contributed by atoms with Crippen molar-refractivity contribution in [2.24, 2.45) is 12.5 Å². The summed E-state index contributed by atoms with van der Waals surface area (Å²) in [5, 5.41) is 15.2. The third-order valence-corrected chi connectivity index (χ3v) is 3.10. The van der Waals surface area contributed by atoms with Gasteiger partial charge in [0.1, 0.15) is 0 Å². The van der Waals surface area contributed by atoms with Gasteiger partial charge in [-0.3, -0.25) is 0 Å². The second-order valence-electron chi connectivity index (χ2n) is 4.24. The van der Waals surface area contributed by atoms with Gasteiger partial charge in [-0.25, -0.2) is 0 Å². The predicted octanol–water partition coefficient (Wildman–Crippen LogP) is 0.709. The quantitative estimate of drug-likeness (QED) is 0.730. The molecule has 5 nitrogen and oxygen atoms in total. The zero-order chi connectivity index (χ0) is 10.7. The summed E-state index contributed by atoms with van der Waals surface area (Å²) in [6, 6.07) is 0. The molecule has 0 aromatic carbocycles. The first kappa shape index (κ1) is 10.8. The largest absolute Gasteiger partial charge is 0.309 e. The van der Waals surface area contributed by atoms with E-state index in [0.29, 0.717) is 12.0 Å². The first-order valence-corrected chi connectivity index (χ1v) is 5.77. The van der Waals surface area contributed by atoms with Crippen molar-refractivity contribution in [3.63, 3.8) is 0 Å². The topological polar surface area (TPSA) is 55.6 Å². The van der Waals surface area contributed by atoms with Crippen LogP contribution in [0.4, 0.5) is 0 Å². The minimum atomic E-state index is 0.462. The third kappa shape index (κ3) is 2.89. The van der Waals surface area contributed by atoms with Gasteiger partial charge in [-0.1, -0.05) is 0 Å². The molecule has 1 aromatic rings. The van der Waals surface area contributed by atoms with Gasteiger partial charge in [0.15, 0.2) is 5.82 Å². The molecule has 84 valence electrons. The maximum absolute atomic E-state index is 5.76. The SMILES string of the molecule is Cn1nnc(CNCC2(CCCl)CC2)n1. The molecule has 0 saturated heterocycles. The molecule has 15 heavy (non-hydrogen) atoms. The number of halogens is 1. The maximum atomic E-state index is 5.76. The molecule has 1 aliphatic carbocycles. The molecule has 1 saturated carbocycles. The van der Waals surface area contributed by atoms with E-state index in [1.807, 2.05) is 0 Å². The lowest BCUT2D eigenvalue weighted by Crippen LogP contribution is -2.24. The number of aryl methyl sites for hydroxylation is 1. The Morgan fingerprint density at radius 2 is 2.33 bits per heavy atom. The molecule has 0 unspecified atom stereocenters. The number of rotatable bonds is 6. The minimum absolute atomic E-state index is 0.462. The van der Waals surface area contributed by atoms with Crippen LogP contribution in [-0.2, 0) is 13.6 Å². The van der Waals surface area contributed by atoms with Crippen LogP contribution in [-0.4, -0.2) is 32.6 Å². The van der Waals surface area contributed by atoms with Crippen molar-refractivity contribution in [1.29, 1.82) is 0 Å². The Kier molecular flexibility index (Phi) is 3.21. The molecule has 1 N–H and O–H groups in total. The number of nitrogens with zero attached hydrogens (tertiary/aromatic N) is 4. The normalized spacial score (nSPS) is 18.0. The van der Waals surface area contributed by atoms with E-state index < -0.39 is 0 Å². The lowest BCUT2D eigenvalue weighted by Gasteiger charge is -2.12. The number of alkyl halides is 1. The van der Waals surface area contributed by atoms with E-state index in [1.165, 1.54) is 17.6 Å². The fourth-order valence-corrected chi connectivity index (χ4v) is 2.13. The lowest BCUT2D eigenvalue weighted by atomic mass is 10.0. The predicted molar refractivity (Wildman–Crippen MR) is 57.5 cm³/mol. The van der Waals surface area contributed by atoms with Gasteiger partial charge in [0.05, 0.1) is 13.6 Å². The van der Waals surface area contributed by atoms with E-state index in [2.05, 4.69) is 20.7 Å². The van der Waals surface area contributed by atoms with Crippen LogP contribution in [0.25, 0.3) is 0 Å². The van der Waals surface area contributed by atoms with Crippen LogP contribution < -0.4 is 5.32 Å². The average Bonchev–Trinajstić information content (AvgIpc) is 2.83. The van der Waals surface area contributed by atoms with Crippen molar-refractivity contribution >= 4 is 11.6 Å². The highest BCUT2D eigenvalue weighted by atomic mass is 35.5. The molecule has 1 fully saturated rings. The first-order valence-electron chi connectivity index (χ1n) is 5.24. The van der Waals surface area contributed by atoms with E-state index in [0.717, 1.165) is 24.7 Å². The minimum Gasteiger partial charge on any atom is -0.309 e. The maximum Gasteiger partial charge on any atom is 0.188 e. The average molecular weight is 230 g/mol. The summed E-state index contributed by atoms with van der Waals surface area (Å²) in [4.78, 5) is 1.47. The molecule has 0 amide bonds. The van der Waals surface area contributed by atoms with E-state index >= 15 is 0 Å². The van der Waals surface area contributed by atoms with Crippen molar-refractivity contribution in [3.8, 4) is 0 Å². The Hall–Kier alpha value is -0.680. The van der Waals surface area contributed by atoms with Gasteiger partial charge in [0.2, 0.25) is 0 Å². The van der Waals surface area contributed by atoms with Crippen molar-refractivity contribution in [2.75, 3.05) is 12.4 Å². The van der Waals surface area contributed by atoms with Crippen molar-refractivity contribution in [3.05, 3.63) is 5.82 Å². The highest BCUT2D eigenvalue weighted by Crippen LogP contribution is 2.48. The molecular weight excluding hydrogens is 214 g/mol. The Bertz CT molecular complexity index is 320. The Morgan fingerprint density at radius 1 is 1.53 bits per heavy atom. The molecule has 1 aliphatic rings. The van der Waals surface area contributed by atoms with Crippen LogP contribution in [0, 0.1) is 5.41 Å². The summed E-state index contributed by atoms with van der Waals surface area (Å²) in [5.74, 6) is 1.50. The Labute approximate surface area is 94.2 Å². The van der Waals surface area contributed by atoms with Crippen LogP contribution in [0.15, 0.2) is 0 Å². The van der Waals surface area contributed by atoms with Gasteiger partial charge in [-0.2, -0.15) is 4.80 Å². The fourth-order valence-electron chi connectivity index (χ4n) is 1.73.